The lowest BCUT2D eigenvalue weighted by atomic mass is 9.46. The van der Waals surface area contributed by atoms with Crippen LogP contribution in [0.2, 0.25) is 0 Å². The molecule has 0 heterocycles. The largest absolute Gasteiger partial charge is 0.393 e. The molecule has 0 aliphatic heterocycles. The number of aldehydes is 1. The Morgan fingerprint density at radius 2 is 1.89 bits per heavy atom. The van der Waals surface area contributed by atoms with Gasteiger partial charge in [-0.05, 0) is 90.1 Å². The average Bonchev–Trinajstić information content (AvgIpc) is 2.96. The van der Waals surface area contributed by atoms with E-state index in [1.54, 1.807) is 16.7 Å². The molecule has 0 radical (unpaired) electrons. The van der Waals surface area contributed by atoms with Gasteiger partial charge in [0.15, 0.2) is 0 Å². The van der Waals surface area contributed by atoms with Gasteiger partial charge in [-0.25, -0.2) is 0 Å². The first-order valence-electron chi connectivity index (χ1n) is 11.2. The number of rotatable bonds is 3. The molecule has 27 heavy (non-hydrogen) atoms. The summed E-state index contributed by atoms with van der Waals surface area (Å²) in [5.41, 5.74) is 5.56. The Morgan fingerprint density at radius 3 is 2.59 bits per heavy atom. The summed E-state index contributed by atoms with van der Waals surface area (Å²) < 4.78 is 0. The summed E-state index contributed by atoms with van der Waals surface area (Å²) in [4.78, 5) is 11.1. The monoisotopic (exact) mass is 370 g/mol. The predicted octanol–water partition coefficient (Wildman–Crippen LogP) is 5.85. The highest BCUT2D eigenvalue weighted by Gasteiger charge is 2.57. The first kappa shape index (κ1) is 19.4. The molecule has 1 fully saturated rings. The minimum absolute atomic E-state index is 0.0113. The van der Waals surface area contributed by atoms with Crippen LogP contribution in [0.1, 0.15) is 86.0 Å². The standard InChI is InChI=1S/C25H38O2/c1-16(12-15-26)18-7-8-19-17-6-9-21-23(2,3)22(27)11-14-25(21,5)20(17)10-13-24(18,19)4/h8,15-16,18,21-22,27H,6-7,9-14H2,1-5H3. The fraction of sp³-hybridized carbons (Fsp3) is 0.800. The number of carbonyl (C=O) groups excluding carboxylic acids is 1. The Labute approximate surface area is 165 Å². The van der Waals surface area contributed by atoms with Gasteiger partial charge < -0.3 is 9.90 Å². The number of hydrogen-bond acceptors (Lipinski definition) is 2. The fourth-order valence-electron chi connectivity index (χ4n) is 7.89. The van der Waals surface area contributed by atoms with E-state index in [2.05, 4.69) is 40.7 Å². The first-order chi connectivity index (χ1) is 12.7. The minimum atomic E-state index is -0.161. The van der Waals surface area contributed by atoms with E-state index in [0.717, 1.165) is 25.5 Å². The van der Waals surface area contributed by atoms with Crippen LogP contribution in [0.4, 0.5) is 0 Å². The number of aliphatic hydroxyl groups is 1. The fourth-order valence-corrected chi connectivity index (χ4v) is 7.89. The molecule has 0 saturated heterocycles. The normalized spacial score (nSPS) is 44.1. The predicted molar refractivity (Wildman–Crippen MR) is 110 cm³/mol. The van der Waals surface area contributed by atoms with Crippen LogP contribution in [0.15, 0.2) is 22.8 Å². The second kappa shape index (κ2) is 6.31. The molecule has 0 spiro atoms. The van der Waals surface area contributed by atoms with Crippen LogP contribution in [0.3, 0.4) is 0 Å². The van der Waals surface area contributed by atoms with Gasteiger partial charge in [0.25, 0.3) is 0 Å². The molecule has 6 atom stereocenters. The molecular weight excluding hydrogens is 332 g/mol. The topological polar surface area (TPSA) is 37.3 Å². The Morgan fingerprint density at radius 1 is 1.15 bits per heavy atom. The summed E-state index contributed by atoms with van der Waals surface area (Å²) in [5.74, 6) is 1.67. The van der Waals surface area contributed by atoms with Crippen LogP contribution in [-0.4, -0.2) is 17.5 Å². The first-order valence-corrected chi connectivity index (χ1v) is 11.2. The number of carbonyl (C=O) groups is 1. The van der Waals surface area contributed by atoms with Crippen molar-refractivity contribution in [2.24, 2.45) is 34.0 Å². The van der Waals surface area contributed by atoms with Crippen LogP contribution in [0, 0.1) is 34.0 Å². The molecule has 4 aliphatic carbocycles. The molecule has 0 aromatic carbocycles. The van der Waals surface area contributed by atoms with Gasteiger partial charge in [0.05, 0.1) is 6.10 Å². The molecule has 6 unspecified atom stereocenters. The number of hydrogen-bond donors (Lipinski definition) is 1. The summed E-state index contributed by atoms with van der Waals surface area (Å²) in [6, 6.07) is 0. The summed E-state index contributed by atoms with van der Waals surface area (Å²) in [5, 5.41) is 10.7. The molecular formula is C25H38O2. The van der Waals surface area contributed by atoms with E-state index in [1.165, 1.54) is 25.7 Å². The molecule has 1 saturated carbocycles. The van der Waals surface area contributed by atoms with Crippen LogP contribution in [0.5, 0.6) is 0 Å². The number of fused-ring (bicyclic) bond motifs is 4. The number of allylic oxidation sites excluding steroid dienone is 4. The van der Waals surface area contributed by atoms with Gasteiger partial charge in [0.1, 0.15) is 6.29 Å². The summed E-state index contributed by atoms with van der Waals surface area (Å²) >= 11 is 0. The zero-order chi connectivity index (χ0) is 19.6. The van der Waals surface area contributed by atoms with E-state index in [4.69, 9.17) is 0 Å². The Hall–Kier alpha value is -0.890. The van der Waals surface area contributed by atoms with E-state index in [1.807, 2.05) is 0 Å². The molecule has 0 aromatic rings. The van der Waals surface area contributed by atoms with E-state index in [0.29, 0.717) is 24.2 Å². The molecule has 150 valence electrons. The zero-order valence-electron chi connectivity index (χ0n) is 18.0. The molecule has 4 aliphatic rings. The van der Waals surface area contributed by atoms with E-state index in [-0.39, 0.29) is 22.3 Å². The molecule has 1 N–H and O–H groups in total. The van der Waals surface area contributed by atoms with Crippen molar-refractivity contribution >= 4 is 6.29 Å². The lowest BCUT2D eigenvalue weighted by Crippen LogP contribution is -2.53. The van der Waals surface area contributed by atoms with Crippen molar-refractivity contribution in [1.82, 2.24) is 0 Å². The van der Waals surface area contributed by atoms with Crippen molar-refractivity contribution in [3.63, 3.8) is 0 Å². The third-order valence-electron chi connectivity index (χ3n) is 9.58. The molecule has 2 nitrogen and oxygen atoms in total. The van der Waals surface area contributed by atoms with Gasteiger partial charge in [-0.15, -0.1) is 0 Å². The second-order valence-electron chi connectivity index (χ2n) is 11.1. The van der Waals surface area contributed by atoms with Gasteiger partial charge in [-0.3, -0.25) is 0 Å². The summed E-state index contributed by atoms with van der Waals surface area (Å²) in [6.45, 7) is 11.8. The van der Waals surface area contributed by atoms with Crippen LogP contribution in [0.25, 0.3) is 0 Å². The molecule has 4 rings (SSSR count). The Balaban J connectivity index is 1.71. The van der Waals surface area contributed by atoms with Crippen molar-refractivity contribution in [2.45, 2.75) is 92.1 Å². The van der Waals surface area contributed by atoms with Crippen molar-refractivity contribution < 1.29 is 9.90 Å². The van der Waals surface area contributed by atoms with Crippen molar-refractivity contribution in [3.05, 3.63) is 22.8 Å². The van der Waals surface area contributed by atoms with E-state index in [9.17, 15) is 9.90 Å². The van der Waals surface area contributed by atoms with Crippen LogP contribution in [-0.2, 0) is 4.79 Å². The second-order valence-corrected chi connectivity index (χ2v) is 11.1. The average molecular weight is 371 g/mol. The van der Waals surface area contributed by atoms with Crippen molar-refractivity contribution in [2.75, 3.05) is 0 Å². The minimum Gasteiger partial charge on any atom is -0.393 e. The van der Waals surface area contributed by atoms with Crippen molar-refractivity contribution in [1.29, 1.82) is 0 Å². The lowest BCUT2D eigenvalue weighted by Gasteiger charge is -2.59. The lowest BCUT2D eigenvalue weighted by molar-refractivity contribution is -0.109. The Bertz CT molecular complexity index is 699. The SMILES string of the molecule is CC(CC=O)C1CC=C2C3=C(CCC21C)C1(C)CCC(O)C(C)(C)C1CC3. The van der Waals surface area contributed by atoms with E-state index < -0.39 is 0 Å². The van der Waals surface area contributed by atoms with Gasteiger partial charge >= 0.3 is 0 Å². The van der Waals surface area contributed by atoms with Gasteiger partial charge in [-0.2, -0.15) is 0 Å². The zero-order valence-corrected chi connectivity index (χ0v) is 18.0. The van der Waals surface area contributed by atoms with Crippen LogP contribution < -0.4 is 0 Å². The molecule has 0 aromatic heterocycles. The molecule has 0 bridgehead atoms. The summed E-state index contributed by atoms with van der Waals surface area (Å²) in [7, 11) is 0. The van der Waals surface area contributed by atoms with Gasteiger partial charge in [-0.1, -0.05) is 46.3 Å². The third kappa shape index (κ3) is 2.58. The Kier molecular flexibility index (Phi) is 4.54. The highest BCUT2D eigenvalue weighted by Crippen LogP contribution is 2.66. The quantitative estimate of drug-likeness (QED) is 0.633. The smallest absolute Gasteiger partial charge is 0.120 e. The number of aliphatic hydroxyl groups excluding tert-OH is 1. The van der Waals surface area contributed by atoms with Crippen LogP contribution >= 0.6 is 0 Å². The third-order valence-corrected chi connectivity index (χ3v) is 9.58. The van der Waals surface area contributed by atoms with Gasteiger partial charge in [0.2, 0.25) is 0 Å². The van der Waals surface area contributed by atoms with E-state index >= 15 is 0 Å². The maximum absolute atomic E-state index is 11.1. The highest BCUT2D eigenvalue weighted by molar-refractivity contribution is 5.52. The maximum Gasteiger partial charge on any atom is 0.120 e. The highest BCUT2D eigenvalue weighted by atomic mass is 16.3. The molecule has 2 heteroatoms. The summed E-state index contributed by atoms with van der Waals surface area (Å²) in [6.07, 6.45) is 12.2. The van der Waals surface area contributed by atoms with Crippen molar-refractivity contribution in [3.8, 4) is 0 Å². The van der Waals surface area contributed by atoms with Gasteiger partial charge in [0, 0.05) is 6.42 Å². The molecule has 0 amide bonds. The maximum atomic E-state index is 11.1.